The predicted octanol–water partition coefficient (Wildman–Crippen LogP) is 4.01. The van der Waals surface area contributed by atoms with Crippen molar-refractivity contribution in [2.75, 3.05) is 19.6 Å². The van der Waals surface area contributed by atoms with Crippen LogP contribution in [0.4, 0.5) is 0 Å². The van der Waals surface area contributed by atoms with E-state index in [0.717, 1.165) is 43.4 Å². The van der Waals surface area contributed by atoms with Crippen LogP contribution in [0, 0.1) is 5.92 Å². The molecule has 0 saturated carbocycles. The lowest BCUT2D eigenvalue weighted by atomic mass is 9.98. The number of nitrogens with one attached hydrogen (secondary N) is 2. The number of benzene rings is 2. The van der Waals surface area contributed by atoms with Crippen molar-refractivity contribution < 1.29 is 4.74 Å². The van der Waals surface area contributed by atoms with Gasteiger partial charge in [0.25, 0.3) is 0 Å². The summed E-state index contributed by atoms with van der Waals surface area (Å²) in [6.45, 7) is 4.75. The molecule has 1 fully saturated rings. The molecule has 2 aromatic carbocycles. The Kier molecular flexibility index (Phi) is 6.53. The van der Waals surface area contributed by atoms with Gasteiger partial charge in [0.15, 0.2) is 0 Å². The van der Waals surface area contributed by atoms with Gasteiger partial charge in [-0.05, 0) is 61.7 Å². The molecule has 0 atom stereocenters. The van der Waals surface area contributed by atoms with Crippen LogP contribution in [0.1, 0.15) is 24.0 Å². The largest absolute Gasteiger partial charge is 0.487 e. The first kappa shape index (κ1) is 17.3. The van der Waals surface area contributed by atoms with Crippen LogP contribution in [0.2, 0.25) is 5.02 Å². The van der Waals surface area contributed by atoms with Crippen molar-refractivity contribution in [2.45, 2.75) is 26.0 Å². The van der Waals surface area contributed by atoms with Gasteiger partial charge in [-0.15, -0.1) is 0 Å². The maximum absolute atomic E-state index is 6.36. The minimum Gasteiger partial charge on any atom is -0.487 e. The molecule has 2 N–H and O–H groups in total. The van der Waals surface area contributed by atoms with Crippen molar-refractivity contribution in [3.63, 3.8) is 0 Å². The molecule has 3 rings (SSSR count). The molecule has 0 unspecified atom stereocenters. The van der Waals surface area contributed by atoms with Gasteiger partial charge in [-0.25, -0.2) is 0 Å². The summed E-state index contributed by atoms with van der Waals surface area (Å²) in [6, 6.07) is 16.2. The van der Waals surface area contributed by atoms with Crippen LogP contribution in [-0.4, -0.2) is 19.6 Å². The summed E-state index contributed by atoms with van der Waals surface area (Å²) in [6.07, 6.45) is 2.53. The van der Waals surface area contributed by atoms with Crippen molar-refractivity contribution in [2.24, 2.45) is 5.92 Å². The highest BCUT2D eigenvalue weighted by molar-refractivity contribution is 6.32. The van der Waals surface area contributed by atoms with Crippen LogP contribution in [-0.2, 0) is 13.2 Å². The van der Waals surface area contributed by atoms with E-state index in [1.807, 2.05) is 42.5 Å². The van der Waals surface area contributed by atoms with E-state index in [0.29, 0.717) is 11.6 Å². The smallest absolute Gasteiger partial charge is 0.138 e. The zero-order valence-corrected chi connectivity index (χ0v) is 14.7. The first-order valence-corrected chi connectivity index (χ1v) is 9.05. The molecule has 0 bridgehead atoms. The number of piperidine rings is 1. The van der Waals surface area contributed by atoms with Crippen LogP contribution in [0.25, 0.3) is 0 Å². The van der Waals surface area contributed by atoms with Crippen LogP contribution >= 0.6 is 11.6 Å². The minimum atomic E-state index is 0.536. The van der Waals surface area contributed by atoms with Crippen LogP contribution in [0.3, 0.4) is 0 Å². The molecule has 0 aliphatic carbocycles. The molecule has 2 aromatic rings. The third kappa shape index (κ3) is 5.23. The highest BCUT2D eigenvalue weighted by Crippen LogP contribution is 2.26. The molecule has 24 heavy (non-hydrogen) atoms. The fourth-order valence-corrected chi connectivity index (χ4v) is 3.27. The third-order valence-electron chi connectivity index (χ3n) is 4.45. The lowest BCUT2D eigenvalue weighted by Crippen LogP contribution is -2.33. The second kappa shape index (κ2) is 9.07. The quantitative estimate of drug-likeness (QED) is 0.796. The lowest BCUT2D eigenvalue weighted by Gasteiger charge is -2.22. The van der Waals surface area contributed by atoms with Crippen molar-refractivity contribution in [3.8, 4) is 5.75 Å². The fraction of sp³-hybridized carbons (Fsp3) is 0.400. The summed E-state index contributed by atoms with van der Waals surface area (Å²) >= 11 is 6.36. The molecule has 1 aliphatic heterocycles. The fourth-order valence-electron chi connectivity index (χ4n) is 3.01. The van der Waals surface area contributed by atoms with E-state index in [9.17, 15) is 0 Å². The topological polar surface area (TPSA) is 33.3 Å². The first-order valence-electron chi connectivity index (χ1n) is 8.68. The van der Waals surface area contributed by atoms with Crippen molar-refractivity contribution in [3.05, 3.63) is 64.7 Å². The summed E-state index contributed by atoms with van der Waals surface area (Å²) in [5.74, 6) is 1.53. The van der Waals surface area contributed by atoms with E-state index >= 15 is 0 Å². The highest BCUT2D eigenvalue weighted by Gasteiger charge is 2.12. The molecular weight excluding hydrogens is 320 g/mol. The van der Waals surface area contributed by atoms with Gasteiger partial charge in [0.2, 0.25) is 0 Å². The van der Waals surface area contributed by atoms with Gasteiger partial charge in [0, 0.05) is 6.54 Å². The Morgan fingerprint density at radius 3 is 2.58 bits per heavy atom. The van der Waals surface area contributed by atoms with E-state index in [2.05, 4.69) is 16.7 Å². The van der Waals surface area contributed by atoms with Gasteiger partial charge >= 0.3 is 0 Å². The maximum atomic E-state index is 6.36. The van der Waals surface area contributed by atoms with Crippen molar-refractivity contribution in [1.29, 1.82) is 0 Å². The summed E-state index contributed by atoms with van der Waals surface area (Å²) in [5.41, 5.74) is 2.34. The molecule has 1 saturated heterocycles. The van der Waals surface area contributed by atoms with E-state index in [1.165, 1.54) is 18.4 Å². The summed E-state index contributed by atoms with van der Waals surface area (Å²) < 4.78 is 5.82. The van der Waals surface area contributed by atoms with E-state index in [-0.39, 0.29) is 0 Å². The molecule has 1 heterocycles. The van der Waals surface area contributed by atoms with Crippen molar-refractivity contribution >= 4 is 11.6 Å². The van der Waals surface area contributed by atoms with Gasteiger partial charge in [0.05, 0.1) is 5.02 Å². The molecule has 0 spiro atoms. The number of rotatable bonds is 7. The molecular formula is C20H25ClN2O. The second-order valence-electron chi connectivity index (χ2n) is 6.36. The minimum absolute atomic E-state index is 0.536. The Bertz CT molecular complexity index is 627. The van der Waals surface area contributed by atoms with Crippen LogP contribution in [0.15, 0.2) is 48.5 Å². The molecule has 0 aromatic heterocycles. The number of ether oxygens (including phenoxy) is 1. The first-order chi connectivity index (χ1) is 11.8. The molecule has 4 heteroatoms. The normalized spacial score (nSPS) is 15.4. The van der Waals surface area contributed by atoms with Gasteiger partial charge < -0.3 is 15.4 Å². The van der Waals surface area contributed by atoms with E-state index in [4.69, 9.17) is 16.3 Å². The molecule has 128 valence electrons. The Balaban J connectivity index is 1.47. The van der Waals surface area contributed by atoms with Gasteiger partial charge in [-0.3, -0.25) is 0 Å². The standard InChI is InChI=1S/C20H25ClN2O/c21-19-12-18(14-23-13-16-8-10-22-11-9-16)6-7-20(19)24-15-17-4-2-1-3-5-17/h1-7,12,16,22-23H,8-11,13-15H2. The summed E-state index contributed by atoms with van der Waals surface area (Å²) in [4.78, 5) is 0. The zero-order chi connectivity index (χ0) is 16.6. The average molecular weight is 345 g/mol. The predicted molar refractivity (Wildman–Crippen MR) is 99.5 cm³/mol. The maximum Gasteiger partial charge on any atom is 0.138 e. The Labute approximate surface area is 149 Å². The SMILES string of the molecule is Clc1cc(CNCC2CCNCC2)ccc1OCc1ccccc1. The number of hydrogen-bond acceptors (Lipinski definition) is 3. The number of halogens is 1. The van der Waals surface area contributed by atoms with Crippen LogP contribution in [0.5, 0.6) is 5.75 Å². The van der Waals surface area contributed by atoms with E-state index < -0.39 is 0 Å². The summed E-state index contributed by atoms with van der Waals surface area (Å²) in [5, 5.41) is 7.62. The monoisotopic (exact) mass is 344 g/mol. The van der Waals surface area contributed by atoms with Crippen molar-refractivity contribution in [1.82, 2.24) is 10.6 Å². The summed E-state index contributed by atoms with van der Waals surface area (Å²) in [7, 11) is 0. The number of hydrogen-bond donors (Lipinski definition) is 2. The molecule has 0 amide bonds. The van der Waals surface area contributed by atoms with E-state index in [1.54, 1.807) is 0 Å². The van der Waals surface area contributed by atoms with Gasteiger partial charge in [0.1, 0.15) is 12.4 Å². The lowest BCUT2D eigenvalue weighted by molar-refractivity contribution is 0.306. The Morgan fingerprint density at radius 2 is 1.83 bits per heavy atom. The third-order valence-corrected chi connectivity index (χ3v) is 4.75. The van der Waals surface area contributed by atoms with Crippen LogP contribution < -0.4 is 15.4 Å². The molecule has 0 radical (unpaired) electrons. The van der Waals surface area contributed by atoms with Gasteiger partial charge in [-0.1, -0.05) is 48.0 Å². The zero-order valence-electron chi connectivity index (χ0n) is 13.9. The average Bonchev–Trinajstić information content (AvgIpc) is 2.63. The second-order valence-corrected chi connectivity index (χ2v) is 6.77. The molecule has 1 aliphatic rings. The molecule has 3 nitrogen and oxygen atoms in total. The van der Waals surface area contributed by atoms with Gasteiger partial charge in [-0.2, -0.15) is 0 Å². The highest BCUT2D eigenvalue weighted by atomic mass is 35.5. The Morgan fingerprint density at radius 1 is 1.04 bits per heavy atom. The Hall–Kier alpha value is -1.55.